The summed E-state index contributed by atoms with van der Waals surface area (Å²) in [5.74, 6) is 0.609. The number of nitrogens with one attached hydrogen (secondary N) is 1. The molecule has 4 nitrogen and oxygen atoms in total. The highest BCUT2D eigenvalue weighted by Gasteiger charge is 2.07. The van der Waals surface area contributed by atoms with E-state index in [1.807, 2.05) is 30.3 Å². The molecule has 1 heterocycles. The summed E-state index contributed by atoms with van der Waals surface area (Å²) in [6.45, 7) is 2.77. The van der Waals surface area contributed by atoms with Gasteiger partial charge in [-0.3, -0.25) is 4.98 Å². The highest BCUT2D eigenvalue weighted by Crippen LogP contribution is 2.19. The van der Waals surface area contributed by atoms with Gasteiger partial charge >= 0.3 is 0 Å². The van der Waals surface area contributed by atoms with Gasteiger partial charge in [0, 0.05) is 18.8 Å². The Balaban J connectivity index is 2.03. The molecule has 0 saturated carbocycles. The number of methoxy groups -OCH3 is 1. The Bertz CT molecular complexity index is 605. The van der Waals surface area contributed by atoms with Crippen LogP contribution in [0.15, 0.2) is 42.6 Å². The van der Waals surface area contributed by atoms with Gasteiger partial charge in [0.15, 0.2) is 0 Å². The van der Waals surface area contributed by atoms with E-state index < -0.39 is 0 Å². The summed E-state index contributed by atoms with van der Waals surface area (Å²) in [5, 5.41) is 12.4. The third kappa shape index (κ3) is 3.34. The molecule has 1 aromatic heterocycles. The van der Waals surface area contributed by atoms with Gasteiger partial charge in [-0.15, -0.1) is 0 Å². The van der Waals surface area contributed by atoms with Gasteiger partial charge in [0.1, 0.15) is 11.8 Å². The predicted octanol–water partition coefficient (Wildman–Crippen LogP) is 2.81. The first-order valence-corrected chi connectivity index (χ1v) is 6.46. The van der Waals surface area contributed by atoms with Crippen molar-refractivity contribution >= 4 is 0 Å². The summed E-state index contributed by atoms with van der Waals surface area (Å²) >= 11 is 0. The second kappa shape index (κ2) is 6.69. The van der Waals surface area contributed by atoms with Crippen LogP contribution in [-0.4, -0.2) is 12.1 Å². The molecule has 4 heteroatoms. The van der Waals surface area contributed by atoms with E-state index >= 15 is 0 Å². The Labute approximate surface area is 119 Å². The van der Waals surface area contributed by atoms with Crippen molar-refractivity contribution in [2.75, 3.05) is 7.11 Å². The monoisotopic (exact) mass is 267 g/mol. The summed E-state index contributed by atoms with van der Waals surface area (Å²) in [7, 11) is 1.57. The molecule has 0 aliphatic heterocycles. The van der Waals surface area contributed by atoms with E-state index in [2.05, 4.69) is 23.3 Å². The predicted molar refractivity (Wildman–Crippen MR) is 77.2 cm³/mol. The summed E-state index contributed by atoms with van der Waals surface area (Å²) in [4.78, 5) is 4.32. The Morgan fingerprint density at radius 3 is 2.85 bits per heavy atom. The lowest BCUT2D eigenvalue weighted by Crippen LogP contribution is -2.19. The molecule has 20 heavy (non-hydrogen) atoms. The lowest BCUT2D eigenvalue weighted by molar-refractivity contribution is 0.412. The fourth-order valence-corrected chi connectivity index (χ4v) is 1.95. The molecule has 0 unspecified atom stereocenters. The molecule has 0 radical (unpaired) electrons. The smallest absolute Gasteiger partial charge is 0.136 e. The number of nitriles is 1. The standard InChI is InChI=1S/C16H17N3O/c1-12(15-5-3-4-8-18-15)19-11-13-6-7-14(10-17)16(9-13)20-2/h3-9,12,19H,11H2,1-2H3/t12-/m0/s1. The van der Waals surface area contributed by atoms with E-state index in [-0.39, 0.29) is 6.04 Å². The van der Waals surface area contributed by atoms with E-state index in [4.69, 9.17) is 10.00 Å². The van der Waals surface area contributed by atoms with Crippen molar-refractivity contribution < 1.29 is 4.74 Å². The maximum absolute atomic E-state index is 8.95. The Hall–Kier alpha value is -2.38. The van der Waals surface area contributed by atoms with Crippen LogP contribution >= 0.6 is 0 Å². The molecule has 0 spiro atoms. The van der Waals surface area contributed by atoms with Gasteiger partial charge in [-0.2, -0.15) is 5.26 Å². The first-order chi connectivity index (χ1) is 9.74. The number of rotatable bonds is 5. The third-order valence-corrected chi connectivity index (χ3v) is 3.13. The molecule has 1 N–H and O–H groups in total. The molecule has 0 amide bonds. The molecule has 0 bridgehead atoms. The van der Waals surface area contributed by atoms with E-state index in [1.54, 1.807) is 19.4 Å². The minimum absolute atomic E-state index is 0.165. The van der Waals surface area contributed by atoms with Crippen LogP contribution in [0.25, 0.3) is 0 Å². The molecule has 0 aliphatic rings. The fraction of sp³-hybridized carbons (Fsp3) is 0.250. The van der Waals surface area contributed by atoms with Crippen LogP contribution < -0.4 is 10.1 Å². The van der Waals surface area contributed by atoms with Crippen molar-refractivity contribution in [3.8, 4) is 11.8 Å². The summed E-state index contributed by atoms with van der Waals surface area (Å²) in [5.41, 5.74) is 2.63. The zero-order valence-electron chi connectivity index (χ0n) is 11.6. The van der Waals surface area contributed by atoms with Crippen LogP contribution in [0.2, 0.25) is 0 Å². The number of hydrogen-bond acceptors (Lipinski definition) is 4. The number of nitrogens with zero attached hydrogens (tertiary/aromatic N) is 2. The number of ether oxygens (including phenoxy) is 1. The van der Waals surface area contributed by atoms with E-state index in [0.717, 1.165) is 11.3 Å². The van der Waals surface area contributed by atoms with Crippen molar-refractivity contribution in [3.05, 3.63) is 59.4 Å². The van der Waals surface area contributed by atoms with Crippen molar-refractivity contribution in [1.29, 1.82) is 5.26 Å². The average Bonchev–Trinajstić information content (AvgIpc) is 2.53. The van der Waals surface area contributed by atoms with Crippen LogP contribution in [0.5, 0.6) is 5.75 Å². The van der Waals surface area contributed by atoms with E-state index in [1.165, 1.54) is 0 Å². The van der Waals surface area contributed by atoms with Crippen LogP contribution in [0.3, 0.4) is 0 Å². The SMILES string of the molecule is COc1cc(CN[C@@H](C)c2ccccn2)ccc1C#N. The summed E-state index contributed by atoms with van der Waals surface area (Å²) in [6.07, 6.45) is 1.79. The van der Waals surface area contributed by atoms with Crippen molar-refractivity contribution in [2.45, 2.75) is 19.5 Å². The van der Waals surface area contributed by atoms with Gasteiger partial charge in [0.2, 0.25) is 0 Å². The quantitative estimate of drug-likeness (QED) is 0.905. The number of benzene rings is 1. The average molecular weight is 267 g/mol. The molecule has 0 aliphatic carbocycles. The highest BCUT2D eigenvalue weighted by atomic mass is 16.5. The zero-order valence-corrected chi connectivity index (χ0v) is 11.6. The Morgan fingerprint density at radius 2 is 2.20 bits per heavy atom. The minimum atomic E-state index is 0.165. The first kappa shape index (κ1) is 14.0. The minimum Gasteiger partial charge on any atom is -0.495 e. The zero-order chi connectivity index (χ0) is 14.4. The Morgan fingerprint density at radius 1 is 1.35 bits per heavy atom. The molecule has 0 saturated heterocycles. The van der Waals surface area contributed by atoms with Gasteiger partial charge in [0.25, 0.3) is 0 Å². The van der Waals surface area contributed by atoms with Crippen LogP contribution in [0.1, 0.15) is 29.8 Å². The van der Waals surface area contributed by atoms with Crippen molar-refractivity contribution in [1.82, 2.24) is 10.3 Å². The molecule has 2 aromatic rings. The van der Waals surface area contributed by atoms with Gasteiger partial charge in [-0.05, 0) is 36.8 Å². The topological polar surface area (TPSA) is 57.9 Å². The normalized spacial score (nSPS) is 11.7. The van der Waals surface area contributed by atoms with Crippen LogP contribution in [0, 0.1) is 11.3 Å². The lowest BCUT2D eigenvalue weighted by atomic mass is 10.1. The van der Waals surface area contributed by atoms with Gasteiger partial charge < -0.3 is 10.1 Å². The molecular formula is C16H17N3O. The molecule has 102 valence electrons. The number of pyridine rings is 1. The summed E-state index contributed by atoms with van der Waals surface area (Å²) < 4.78 is 5.21. The fourth-order valence-electron chi connectivity index (χ4n) is 1.95. The second-order valence-corrected chi connectivity index (χ2v) is 4.50. The molecule has 0 fully saturated rings. The first-order valence-electron chi connectivity index (χ1n) is 6.46. The van der Waals surface area contributed by atoms with Gasteiger partial charge in [-0.25, -0.2) is 0 Å². The van der Waals surface area contributed by atoms with Crippen LogP contribution in [0.4, 0.5) is 0 Å². The maximum atomic E-state index is 8.95. The van der Waals surface area contributed by atoms with E-state index in [0.29, 0.717) is 17.9 Å². The molecule has 1 aromatic carbocycles. The molecule has 2 rings (SSSR count). The van der Waals surface area contributed by atoms with Gasteiger partial charge in [0.05, 0.1) is 18.4 Å². The highest BCUT2D eigenvalue weighted by molar-refractivity contribution is 5.45. The van der Waals surface area contributed by atoms with Crippen molar-refractivity contribution in [3.63, 3.8) is 0 Å². The Kier molecular flexibility index (Phi) is 4.70. The maximum Gasteiger partial charge on any atom is 0.136 e. The summed E-state index contributed by atoms with van der Waals surface area (Å²) in [6, 6.07) is 13.7. The number of aromatic nitrogens is 1. The molecule has 1 atom stereocenters. The van der Waals surface area contributed by atoms with E-state index in [9.17, 15) is 0 Å². The largest absolute Gasteiger partial charge is 0.495 e. The van der Waals surface area contributed by atoms with Crippen molar-refractivity contribution in [2.24, 2.45) is 0 Å². The van der Waals surface area contributed by atoms with Gasteiger partial charge in [-0.1, -0.05) is 12.1 Å². The molecular weight excluding hydrogens is 250 g/mol. The number of hydrogen-bond donors (Lipinski definition) is 1. The lowest BCUT2D eigenvalue weighted by Gasteiger charge is -2.14. The van der Waals surface area contributed by atoms with Crippen LogP contribution in [-0.2, 0) is 6.54 Å². The second-order valence-electron chi connectivity index (χ2n) is 4.50. The third-order valence-electron chi connectivity index (χ3n) is 3.13.